The number of methoxy groups -OCH3 is 2. The third kappa shape index (κ3) is 5.69. The van der Waals surface area contributed by atoms with E-state index in [-0.39, 0.29) is 30.5 Å². The summed E-state index contributed by atoms with van der Waals surface area (Å²) in [6.07, 6.45) is 8.45. The first-order valence-electron chi connectivity index (χ1n) is 15.4. The summed E-state index contributed by atoms with van der Waals surface area (Å²) in [7, 11) is 2.76. The van der Waals surface area contributed by atoms with E-state index in [2.05, 4.69) is 12.2 Å². The van der Waals surface area contributed by atoms with E-state index in [4.69, 9.17) is 29.4 Å². The summed E-state index contributed by atoms with van der Waals surface area (Å²) in [6, 6.07) is 0. The van der Waals surface area contributed by atoms with E-state index in [0.29, 0.717) is 48.0 Å². The highest BCUT2D eigenvalue weighted by Gasteiger charge is 2.41. The van der Waals surface area contributed by atoms with Gasteiger partial charge in [0.05, 0.1) is 48.1 Å². The van der Waals surface area contributed by atoms with Gasteiger partial charge in [0.15, 0.2) is 11.7 Å². The fraction of sp³-hybridized carbons (Fsp3) is 0.429. The number of esters is 2. The third-order valence-electron chi connectivity index (χ3n) is 9.40. The summed E-state index contributed by atoms with van der Waals surface area (Å²) in [5, 5.41) is 15.0. The van der Waals surface area contributed by atoms with Crippen LogP contribution in [0.3, 0.4) is 0 Å². The largest absolute Gasteiger partial charge is 0.509 e. The molecule has 0 spiro atoms. The van der Waals surface area contributed by atoms with Gasteiger partial charge in [-0.05, 0) is 105 Å². The zero-order valence-corrected chi connectivity index (χ0v) is 27.3. The summed E-state index contributed by atoms with van der Waals surface area (Å²) >= 11 is 0. The quantitative estimate of drug-likeness (QED) is 0.304. The number of aliphatic hydroxyl groups is 1. The number of amidine groups is 2. The zero-order valence-electron chi connectivity index (χ0n) is 27.3. The van der Waals surface area contributed by atoms with Crippen molar-refractivity contribution in [1.82, 2.24) is 5.32 Å². The van der Waals surface area contributed by atoms with Gasteiger partial charge in [-0.2, -0.15) is 0 Å². The minimum absolute atomic E-state index is 0.188. The number of aliphatic imine (C=N–C) groups is 4. The van der Waals surface area contributed by atoms with Crippen LogP contribution in [-0.4, -0.2) is 54.4 Å². The van der Waals surface area contributed by atoms with Gasteiger partial charge in [-0.3, -0.25) is 9.59 Å². The fourth-order valence-electron chi connectivity index (χ4n) is 6.19. The van der Waals surface area contributed by atoms with Gasteiger partial charge in [-0.25, -0.2) is 20.0 Å². The van der Waals surface area contributed by atoms with E-state index in [1.54, 1.807) is 0 Å². The van der Waals surface area contributed by atoms with Crippen LogP contribution in [0.15, 0.2) is 100 Å². The molecule has 0 saturated carbocycles. The van der Waals surface area contributed by atoms with Crippen molar-refractivity contribution in [2.45, 2.75) is 80.1 Å². The minimum Gasteiger partial charge on any atom is -0.509 e. The molecule has 5 heterocycles. The second-order valence-corrected chi connectivity index (χ2v) is 11.9. The lowest BCUT2D eigenvalue weighted by atomic mass is 9.82. The maximum Gasteiger partial charge on any atom is 0.305 e. The molecule has 236 valence electrons. The van der Waals surface area contributed by atoms with Crippen LogP contribution in [0.1, 0.15) is 80.1 Å². The van der Waals surface area contributed by atoms with E-state index in [9.17, 15) is 14.7 Å². The number of ether oxygens (including phenoxy) is 2. The molecule has 0 aromatic carbocycles. The average molecular weight is 612 g/mol. The number of hydrogen-bond donors (Lipinski definition) is 2. The molecule has 1 unspecified atom stereocenters. The Morgan fingerprint density at radius 3 is 2.00 bits per heavy atom. The second-order valence-electron chi connectivity index (χ2n) is 11.9. The number of fused-ring (bicyclic) bond motifs is 5. The zero-order chi connectivity index (χ0) is 32.6. The molecule has 8 bridgehead atoms. The van der Waals surface area contributed by atoms with E-state index >= 15 is 0 Å². The van der Waals surface area contributed by atoms with Crippen LogP contribution in [0, 0.1) is 5.41 Å². The molecule has 0 fully saturated rings. The topological polar surface area (TPSA) is 134 Å². The molecule has 5 aliphatic heterocycles. The molecule has 10 heteroatoms. The Hall–Kier alpha value is -4.60. The highest BCUT2D eigenvalue weighted by Crippen LogP contribution is 2.44. The first kappa shape index (κ1) is 31.8. The SMILES string of the molecule is CCC1=C(C)C2=NC1=CC1=C(O)C(C)(CC)C(=CC3=NC(=NC4=NC(=C2)C(CCC(=O)OC)=C4C)C(C)=C3CCC(=O)OC)N1. The van der Waals surface area contributed by atoms with Crippen molar-refractivity contribution < 1.29 is 24.2 Å². The first-order chi connectivity index (χ1) is 21.4. The number of aliphatic hydroxyl groups excluding tert-OH is 1. The molecule has 0 aliphatic carbocycles. The molecule has 5 rings (SSSR count). The number of rotatable bonds is 8. The number of carbonyl (C=O) groups excluding carboxylic acids is 2. The Labute approximate surface area is 264 Å². The smallest absolute Gasteiger partial charge is 0.305 e. The van der Waals surface area contributed by atoms with Crippen LogP contribution in [-0.2, 0) is 19.1 Å². The monoisotopic (exact) mass is 611 g/mol. The molecule has 45 heavy (non-hydrogen) atoms. The number of allylic oxidation sites excluding steroid dienone is 7. The Kier molecular flexibility index (Phi) is 8.78. The maximum atomic E-state index is 12.1. The summed E-state index contributed by atoms with van der Waals surface area (Å²) in [5.41, 5.74) is 9.18. The van der Waals surface area contributed by atoms with Crippen molar-refractivity contribution >= 4 is 35.0 Å². The van der Waals surface area contributed by atoms with Crippen LogP contribution in [0.5, 0.6) is 0 Å². The van der Waals surface area contributed by atoms with Gasteiger partial charge in [-0.1, -0.05) is 13.8 Å². The standard InChI is InChI=1S/C35H41N5O5/c1-9-21-18(3)24-15-26-22(11-13-30(41)44-7)19(4)33(38-26)40-34-20(5)23(12-14-31(42)45-8)27(39-34)17-29-35(6,10-2)32(43)28(37-29)16-25(21)36-24/h15-17,37,43H,9-14H2,1-8H3. The van der Waals surface area contributed by atoms with Crippen molar-refractivity contribution in [2.24, 2.45) is 25.4 Å². The van der Waals surface area contributed by atoms with Crippen molar-refractivity contribution in [3.63, 3.8) is 0 Å². The molecule has 0 amide bonds. The predicted octanol–water partition coefficient (Wildman–Crippen LogP) is 6.43. The number of carbonyl (C=O) groups is 2. The molecule has 0 aromatic rings. The molecular weight excluding hydrogens is 570 g/mol. The lowest BCUT2D eigenvalue weighted by molar-refractivity contribution is -0.141. The molecule has 0 aromatic heterocycles. The highest BCUT2D eigenvalue weighted by molar-refractivity contribution is 6.27. The van der Waals surface area contributed by atoms with Crippen molar-refractivity contribution in [1.29, 1.82) is 0 Å². The van der Waals surface area contributed by atoms with E-state index in [0.717, 1.165) is 57.0 Å². The van der Waals surface area contributed by atoms with Crippen LogP contribution in [0.2, 0.25) is 0 Å². The molecule has 5 aliphatic rings. The molecule has 10 nitrogen and oxygen atoms in total. The van der Waals surface area contributed by atoms with Gasteiger partial charge in [-0.15, -0.1) is 0 Å². The summed E-state index contributed by atoms with van der Waals surface area (Å²) in [4.78, 5) is 44.1. The summed E-state index contributed by atoms with van der Waals surface area (Å²) in [5.74, 6) is 0.632. The van der Waals surface area contributed by atoms with Crippen LogP contribution in [0.25, 0.3) is 0 Å². The van der Waals surface area contributed by atoms with E-state index < -0.39 is 5.41 Å². The lowest BCUT2D eigenvalue weighted by Gasteiger charge is -2.24. The third-order valence-corrected chi connectivity index (χ3v) is 9.40. The Morgan fingerprint density at radius 1 is 0.778 bits per heavy atom. The van der Waals surface area contributed by atoms with Gasteiger partial charge in [0.2, 0.25) is 0 Å². The first-order valence-corrected chi connectivity index (χ1v) is 15.4. The minimum atomic E-state index is -0.681. The van der Waals surface area contributed by atoms with Crippen LogP contribution < -0.4 is 5.32 Å². The highest BCUT2D eigenvalue weighted by atomic mass is 16.5. The second kappa shape index (κ2) is 12.4. The molecular formula is C35H41N5O5. The van der Waals surface area contributed by atoms with Crippen LogP contribution >= 0.6 is 0 Å². The van der Waals surface area contributed by atoms with Crippen molar-refractivity contribution in [2.75, 3.05) is 14.2 Å². The Morgan fingerprint density at radius 2 is 1.38 bits per heavy atom. The van der Waals surface area contributed by atoms with Crippen molar-refractivity contribution in [3.8, 4) is 0 Å². The summed E-state index contributed by atoms with van der Waals surface area (Å²) in [6.45, 7) is 12.1. The molecule has 0 saturated heterocycles. The number of nitrogens with one attached hydrogen (secondary N) is 1. The molecule has 1 atom stereocenters. The Bertz CT molecular complexity index is 1740. The number of hydrogen-bond acceptors (Lipinski definition) is 10. The lowest BCUT2D eigenvalue weighted by Crippen LogP contribution is -2.22. The predicted molar refractivity (Wildman–Crippen MR) is 176 cm³/mol. The summed E-state index contributed by atoms with van der Waals surface area (Å²) < 4.78 is 9.84. The normalized spacial score (nSPS) is 22.5. The van der Waals surface area contributed by atoms with Gasteiger partial charge in [0.1, 0.15) is 5.76 Å². The Balaban J connectivity index is 1.75. The van der Waals surface area contributed by atoms with Crippen molar-refractivity contribution in [3.05, 3.63) is 80.2 Å². The molecule has 0 radical (unpaired) electrons. The van der Waals surface area contributed by atoms with E-state index in [1.807, 2.05) is 52.8 Å². The van der Waals surface area contributed by atoms with Gasteiger partial charge in [0.25, 0.3) is 0 Å². The number of nitrogens with zero attached hydrogens (tertiary/aromatic N) is 4. The van der Waals surface area contributed by atoms with Gasteiger partial charge in [0, 0.05) is 18.5 Å². The van der Waals surface area contributed by atoms with Gasteiger partial charge < -0.3 is 19.9 Å². The molecule has 2 N–H and O–H groups in total. The van der Waals surface area contributed by atoms with E-state index in [1.165, 1.54) is 14.2 Å². The van der Waals surface area contributed by atoms with Gasteiger partial charge >= 0.3 is 11.9 Å². The fourth-order valence-corrected chi connectivity index (χ4v) is 6.19. The van der Waals surface area contributed by atoms with Crippen LogP contribution in [0.4, 0.5) is 0 Å². The maximum absolute atomic E-state index is 12.1. The average Bonchev–Trinajstić information content (AvgIpc) is 3.67.